The maximum atomic E-state index is 12.2. The third-order valence-electron chi connectivity index (χ3n) is 3.93. The normalized spacial score (nSPS) is 10.4. The van der Waals surface area contributed by atoms with E-state index in [4.69, 9.17) is 18.9 Å². The van der Waals surface area contributed by atoms with Crippen molar-refractivity contribution in [2.24, 2.45) is 5.92 Å². The molecular formula is C22H27NO6. The first-order valence-corrected chi connectivity index (χ1v) is 9.30. The quantitative estimate of drug-likeness (QED) is 0.616. The molecule has 0 aliphatic heterocycles. The van der Waals surface area contributed by atoms with Crippen LogP contribution in [0.1, 0.15) is 29.8 Å². The summed E-state index contributed by atoms with van der Waals surface area (Å²) in [6.45, 7) is 4.53. The number of benzene rings is 2. The zero-order valence-electron chi connectivity index (χ0n) is 17.2. The molecule has 0 aliphatic carbocycles. The van der Waals surface area contributed by atoms with Crippen molar-refractivity contribution in [3.63, 3.8) is 0 Å². The van der Waals surface area contributed by atoms with E-state index in [-0.39, 0.29) is 13.2 Å². The van der Waals surface area contributed by atoms with E-state index >= 15 is 0 Å². The fourth-order valence-electron chi connectivity index (χ4n) is 2.43. The molecule has 0 bridgehead atoms. The Balaban J connectivity index is 1.83. The second-order valence-electron chi connectivity index (χ2n) is 6.77. The van der Waals surface area contributed by atoms with E-state index in [1.807, 2.05) is 19.9 Å². The van der Waals surface area contributed by atoms with Crippen molar-refractivity contribution in [1.82, 2.24) is 5.32 Å². The third kappa shape index (κ3) is 7.03. The lowest BCUT2D eigenvalue weighted by Gasteiger charge is -2.11. The Labute approximate surface area is 170 Å². The summed E-state index contributed by atoms with van der Waals surface area (Å²) in [5.41, 5.74) is 1.16. The molecule has 7 heteroatoms. The van der Waals surface area contributed by atoms with Crippen molar-refractivity contribution in [3.8, 4) is 17.2 Å². The Hall–Kier alpha value is -3.22. The van der Waals surface area contributed by atoms with E-state index in [1.165, 1.54) is 0 Å². The van der Waals surface area contributed by atoms with Gasteiger partial charge in [0.15, 0.2) is 18.1 Å². The lowest BCUT2D eigenvalue weighted by Crippen LogP contribution is -2.28. The average Bonchev–Trinajstić information content (AvgIpc) is 2.74. The van der Waals surface area contributed by atoms with E-state index in [0.29, 0.717) is 35.3 Å². The van der Waals surface area contributed by atoms with Gasteiger partial charge in [-0.05, 0) is 41.8 Å². The molecule has 2 aromatic carbocycles. The van der Waals surface area contributed by atoms with Gasteiger partial charge < -0.3 is 24.3 Å². The molecule has 0 radical (unpaired) electrons. The second kappa shape index (κ2) is 10.9. The van der Waals surface area contributed by atoms with E-state index in [0.717, 1.165) is 5.56 Å². The number of hydrogen-bond acceptors (Lipinski definition) is 6. The van der Waals surface area contributed by atoms with Gasteiger partial charge >= 0.3 is 5.97 Å². The zero-order chi connectivity index (χ0) is 21.2. The maximum Gasteiger partial charge on any atom is 0.338 e. The van der Waals surface area contributed by atoms with Gasteiger partial charge in [0.25, 0.3) is 5.91 Å². The first kappa shape index (κ1) is 22.1. The number of carbonyl (C=O) groups is 2. The molecule has 0 heterocycles. The predicted molar refractivity (Wildman–Crippen MR) is 108 cm³/mol. The zero-order valence-corrected chi connectivity index (χ0v) is 17.2. The molecule has 0 spiro atoms. The third-order valence-corrected chi connectivity index (χ3v) is 3.93. The van der Waals surface area contributed by atoms with Crippen molar-refractivity contribution in [2.45, 2.75) is 20.4 Å². The monoisotopic (exact) mass is 401 g/mol. The molecule has 0 aliphatic rings. The van der Waals surface area contributed by atoms with Crippen LogP contribution in [0.4, 0.5) is 0 Å². The molecule has 1 N–H and O–H groups in total. The van der Waals surface area contributed by atoms with Crippen molar-refractivity contribution in [1.29, 1.82) is 0 Å². The molecule has 0 fully saturated rings. The molecule has 2 rings (SSSR count). The van der Waals surface area contributed by atoms with Gasteiger partial charge in [0.1, 0.15) is 5.75 Å². The number of methoxy groups -OCH3 is 2. The standard InChI is InChI=1S/C22H27NO6/c1-15(2)13-28-18-7-5-6-17(11-18)22(25)29-14-21(24)23-12-16-8-9-19(26-3)20(10-16)27-4/h5-11,15H,12-14H2,1-4H3,(H,23,24). The van der Waals surface area contributed by atoms with Crippen LogP contribution >= 0.6 is 0 Å². The first-order valence-electron chi connectivity index (χ1n) is 9.30. The van der Waals surface area contributed by atoms with E-state index in [9.17, 15) is 9.59 Å². The summed E-state index contributed by atoms with van der Waals surface area (Å²) in [7, 11) is 3.10. The summed E-state index contributed by atoms with van der Waals surface area (Å²) in [5, 5.41) is 2.70. The van der Waals surface area contributed by atoms with Crippen LogP contribution < -0.4 is 19.5 Å². The Bertz CT molecular complexity index is 834. The Morgan fingerprint density at radius 3 is 2.45 bits per heavy atom. The summed E-state index contributed by atoms with van der Waals surface area (Å²) >= 11 is 0. The molecule has 2 aromatic rings. The summed E-state index contributed by atoms with van der Waals surface area (Å²) in [6, 6.07) is 12.1. The number of nitrogens with one attached hydrogen (secondary N) is 1. The SMILES string of the molecule is COc1ccc(CNC(=O)COC(=O)c2cccc(OCC(C)C)c2)cc1OC. The minimum absolute atomic E-state index is 0.273. The Morgan fingerprint density at radius 1 is 1.00 bits per heavy atom. The number of amides is 1. The highest BCUT2D eigenvalue weighted by Gasteiger charge is 2.12. The number of ether oxygens (including phenoxy) is 4. The minimum atomic E-state index is -0.582. The van der Waals surface area contributed by atoms with Gasteiger partial charge in [0.2, 0.25) is 0 Å². The van der Waals surface area contributed by atoms with Crippen LogP contribution in [0, 0.1) is 5.92 Å². The van der Waals surface area contributed by atoms with Crippen LogP contribution in [0.3, 0.4) is 0 Å². The highest BCUT2D eigenvalue weighted by Crippen LogP contribution is 2.27. The van der Waals surface area contributed by atoms with Crippen LogP contribution in [0.5, 0.6) is 17.2 Å². The fourth-order valence-corrected chi connectivity index (χ4v) is 2.43. The topological polar surface area (TPSA) is 83.1 Å². The second-order valence-corrected chi connectivity index (χ2v) is 6.77. The molecule has 0 aromatic heterocycles. The molecule has 0 unspecified atom stereocenters. The number of esters is 1. The molecule has 29 heavy (non-hydrogen) atoms. The van der Waals surface area contributed by atoms with Gasteiger partial charge in [0, 0.05) is 6.54 Å². The van der Waals surface area contributed by atoms with Crippen molar-refractivity contribution < 1.29 is 28.5 Å². The highest BCUT2D eigenvalue weighted by molar-refractivity contribution is 5.91. The van der Waals surface area contributed by atoms with E-state index in [1.54, 1.807) is 50.6 Å². The minimum Gasteiger partial charge on any atom is -0.493 e. The largest absolute Gasteiger partial charge is 0.493 e. The Kier molecular flexibility index (Phi) is 8.33. The number of carbonyl (C=O) groups excluding carboxylic acids is 2. The van der Waals surface area contributed by atoms with Gasteiger partial charge in [-0.1, -0.05) is 26.0 Å². The van der Waals surface area contributed by atoms with Crippen LogP contribution in [-0.2, 0) is 16.1 Å². The molecule has 0 saturated carbocycles. The molecule has 0 saturated heterocycles. The van der Waals surface area contributed by atoms with Gasteiger partial charge in [-0.3, -0.25) is 4.79 Å². The number of hydrogen-bond donors (Lipinski definition) is 1. The molecule has 1 amide bonds. The molecule has 7 nitrogen and oxygen atoms in total. The fraction of sp³-hybridized carbons (Fsp3) is 0.364. The molecular weight excluding hydrogens is 374 g/mol. The van der Waals surface area contributed by atoms with Crippen molar-refractivity contribution in [2.75, 3.05) is 27.4 Å². The van der Waals surface area contributed by atoms with Crippen LogP contribution in [0.2, 0.25) is 0 Å². The lowest BCUT2D eigenvalue weighted by molar-refractivity contribution is -0.124. The number of rotatable bonds is 10. The van der Waals surface area contributed by atoms with E-state index < -0.39 is 11.9 Å². The first-order chi connectivity index (χ1) is 13.9. The highest BCUT2D eigenvalue weighted by atomic mass is 16.5. The average molecular weight is 401 g/mol. The Morgan fingerprint density at radius 2 is 1.76 bits per heavy atom. The maximum absolute atomic E-state index is 12.2. The predicted octanol–water partition coefficient (Wildman–Crippen LogP) is 3.21. The smallest absolute Gasteiger partial charge is 0.338 e. The lowest BCUT2D eigenvalue weighted by atomic mass is 10.2. The van der Waals surface area contributed by atoms with Gasteiger partial charge in [-0.25, -0.2) is 4.79 Å². The summed E-state index contributed by atoms with van der Waals surface area (Å²) < 4.78 is 21.1. The van der Waals surface area contributed by atoms with Gasteiger partial charge in [-0.15, -0.1) is 0 Å². The van der Waals surface area contributed by atoms with Crippen LogP contribution in [0.15, 0.2) is 42.5 Å². The summed E-state index contributed by atoms with van der Waals surface area (Å²) in [4.78, 5) is 24.2. The van der Waals surface area contributed by atoms with Crippen molar-refractivity contribution >= 4 is 11.9 Å². The van der Waals surface area contributed by atoms with Crippen molar-refractivity contribution in [3.05, 3.63) is 53.6 Å². The van der Waals surface area contributed by atoms with Crippen LogP contribution in [-0.4, -0.2) is 39.3 Å². The summed E-state index contributed by atoms with van der Waals surface area (Å²) in [5.74, 6) is 1.16. The van der Waals surface area contributed by atoms with Gasteiger partial charge in [0.05, 0.1) is 26.4 Å². The summed E-state index contributed by atoms with van der Waals surface area (Å²) in [6.07, 6.45) is 0. The van der Waals surface area contributed by atoms with Crippen LogP contribution in [0.25, 0.3) is 0 Å². The van der Waals surface area contributed by atoms with E-state index in [2.05, 4.69) is 5.32 Å². The van der Waals surface area contributed by atoms with Gasteiger partial charge in [-0.2, -0.15) is 0 Å². The molecule has 156 valence electrons. The molecule has 0 atom stereocenters.